The lowest BCUT2D eigenvalue weighted by Crippen LogP contribution is -2.46. The van der Waals surface area contributed by atoms with E-state index < -0.39 is 0 Å². The minimum absolute atomic E-state index is 0.434. The standard InChI is InChI=1S/C17H18N6/c1-2-22-5-7-23(8-6-22)15-3-4-19-17-16(15)13-9-12(10-18)20-11-14(13)21-17/h3-4,9,11H,2,5-8H2,1H3,(H,19,21). The van der Waals surface area contributed by atoms with Crippen LogP contribution in [-0.4, -0.2) is 52.6 Å². The maximum Gasteiger partial charge on any atom is 0.141 e. The van der Waals surface area contributed by atoms with Gasteiger partial charge in [-0.3, -0.25) is 0 Å². The number of pyridine rings is 2. The van der Waals surface area contributed by atoms with Crippen LogP contribution in [0.1, 0.15) is 12.6 Å². The van der Waals surface area contributed by atoms with Crippen molar-refractivity contribution in [2.24, 2.45) is 0 Å². The zero-order chi connectivity index (χ0) is 15.8. The quantitative estimate of drug-likeness (QED) is 0.785. The third kappa shape index (κ3) is 2.30. The van der Waals surface area contributed by atoms with Gasteiger partial charge in [-0.15, -0.1) is 0 Å². The summed E-state index contributed by atoms with van der Waals surface area (Å²) < 4.78 is 0. The summed E-state index contributed by atoms with van der Waals surface area (Å²) in [6, 6.07) is 6.04. The number of likely N-dealkylation sites (N-methyl/N-ethyl adjacent to an activating group) is 1. The summed E-state index contributed by atoms with van der Waals surface area (Å²) >= 11 is 0. The summed E-state index contributed by atoms with van der Waals surface area (Å²) in [6.07, 6.45) is 3.56. The molecular formula is C17H18N6. The number of aromatic amines is 1. The number of piperazine rings is 1. The largest absolute Gasteiger partial charge is 0.368 e. The molecule has 6 nitrogen and oxygen atoms in total. The van der Waals surface area contributed by atoms with Gasteiger partial charge in [-0.1, -0.05) is 6.92 Å². The number of H-pyrrole nitrogens is 1. The minimum atomic E-state index is 0.434. The van der Waals surface area contributed by atoms with Crippen molar-refractivity contribution in [2.75, 3.05) is 37.6 Å². The van der Waals surface area contributed by atoms with Crippen LogP contribution in [0.3, 0.4) is 0 Å². The average molecular weight is 306 g/mol. The van der Waals surface area contributed by atoms with Crippen molar-refractivity contribution in [3.63, 3.8) is 0 Å². The number of nitrogens with zero attached hydrogens (tertiary/aromatic N) is 5. The van der Waals surface area contributed by atoms with E-state index >= 15 is 0 Å². The van der Waals surface area contributed by atoms with Crippen LogP contribution in [0.2, 0.25) is 0 Å². The molecule has 0 aromatic carbocycles. The van der Waals surface area contributed by atoms with Gasteiger partial charge in [0.1, 0.15) is 17.4 Å². The summed E-state index contributed by atoms with van der Waals surface area (Å²) in [7, 11) is 0. The molecule has 116 valence electrons. The fourth-order valence-electron chi connectivity index (χ4n) is 3.33. The van der Waals surface area contributed by atoms with Crippen molar-refractivity contribution < 1.29 is 0 Å². The Balaban J connectivity index is 1.85. The summed E-state index contributed by atoms with van der Waals surface area (Å²) in [5.74, 6) is 0. The molecule has 3 aromatic rings. The van der Waals surface area contributed by atoms with E-state index in [1.165, 1.54) is 5.69 Å². The summed E-state index contributed by atoms with van der Waals surface area (Å²) in [4.78, 5) is 16.8. The van der Waals surface area contributed by atoms with E-state index in [2.05, 4.69) is 43.8 Å². The number of anilines is 1. The van der Waals surface area contributed by atoms with E-state index in [1.54, 1.807) is 6.20 Å². The third-order valence-corrected chi connectivity index (χ3v) is 4.63. The van der Waals surface area contributed by atoms with Gasteiger partial charge in [0.05, 0.1) is 22.8 Å². The van der Waals surface area contributed by atoms with E-state index in [4.69, 9.17) is 5.26 Å². The lowest BCUT2D eigenvalue weighted by Gasteiger charge is -2.35. The second-order valence-corrected chi connectivity index (χ2v) is 5.83. The molecule has 1 N–H and O–H groups in total. The van der Waals surface area contributed by atoms with Gasteiger partial charge in [0.25, 0.3) is 0 Å². The smallest absolute Gasteiger partial charge is 0.141 e. The lowest BCUT2D eigenvalue weighted by molar-refractivity contribution is 0.271. The van der Waals surface area contributed by atoms with E-state index in [9.17, 15) is 0 Å². The van der Waals surface area contributed by atoms with Gasteiger partial charge in [-0.25, -0.2) is 9.97 Å². The van der Waals surface area contributed by atoms with Crippen molar-refractivity contribution in [3.05, 3.63) is 30.2 Å². The molecule has 4 heterocycles. The van der Waals surface area contributed by atoms with Gasteiger partial charge in [0.15, 0.2) is 0 Å². The molecule has 3 aromatic heterocycles. The van der Waals surface area contributed by atoms with Crippen LogP contribution in [-0.2, 0) is 0 Å². The predicted molar refractivity (Wildman–Crippen MR) is 90.4 cm³/mol. The number of aromatic nitrogens is 3. The monoisotopic (exact) mass is 306 g/mol. The Hall–Kier alpha value is -2.65. The van der Waals surface area contributed by atoms with Gasteiger partial charge in [0, 0.05) is 37.8 Å². The van der Waals surface area contributed by atoms with Crippen LogP contribution >= 0.6 is 0 Å². The Morgan fingerprint density at radius 1 is 1.26 bits per heavy atom. The number of nitrogens with one attached hydrogen (secondary N) is 1. The molecule has 0 spiro atoms. The molecule has 0 bridgehead atoms. The average Bonchev–Trinajstić information content (AvgIpc) is 2.99. The highest BCUT2D eigenvalue weighted by Crippen LogP contribution is 2.33. The molecule has 1 aliphatic heterocycles. The van der Waals surface area contributed by atoms with Crippen molar-refractivity contribution in [1.82, 2.24) is 19.9 Å². The first-order valence-corrected chi connectivity index (χ1v) is 7.94. The molecule has 4 rings (SSSR count). The molecule has 0 atom stereocenters. The Kier molecular flexibility index (Phi) is 3.36. The van der Waals surface area contributed by atoms with Crippen LogP contribution in [0.5, 0.6) is 0 Å². The Morgan fingerprint density at radius 2 is 2.09 bits per heavy atom. The SMILES string of the molecule is CCN1CCN(c2ccnc3[nH]c4cnc(C#N)cc4c23)CC1. The second kappa shape index (κ2) is 5.52. The first-order valence-electron chi connectivity index (χ1n) is 7.94. The Bertz CT molecular complexity index is 898. The fourth-order valence-corrected chi connectivity index (χ4v) is 3.33. The van der Waals surface area contributed by atoms with Crippen LogP contribution in [0, 0.1) is 11.3 Å². The molecule has 1 aliphatic rings. The summed E-state index contributed by atoms with van der Waals surface area (Å²) in [5, 5.41) is 11.2. The van der Waals surface area contributed by atoms with E-state index in [0.29, 0.717) is 5.69 Å². The number of hydrogen-bond acceptors (Lipinski definition) is 5. The van der Waals surface area contributed by atoms with Gasteiger partial charge < -0.3 is 14.8 Å². The molecular weight excluding hydrogens is 288 g/mol. The lowest BCUT2D eigenvalue weighted by atomic mass is 10.1. The van der Waals surface area contributed by atoms with Crippen LogP contribution in [0.4, 0.5) is 5.69 Å². The molecule has 6 heteroatoms. The van der Waals surface area contributed by atoms with Crippen LogP contribution < -0.4 is 4.90 Å². The molecule has 0 aliphatic carbocycles. The number of nitriles is 1. The zero-order valence-electron chi connectivity index (χ0n) is 13.1. The van der Waals surface area contributed by atoms with Gasteiger partial charge >= 0.3 is 0 Å². The molecule has 0 amide bonds. The number of fused-ring (bicyclic) bond motifs is 3. The molecule has 0 saturated carbocycles. The molecule has 1 saturated heterocycles. The maximum atomic E-state index is 9.13. The first kappa shape index (κ1) is 14.0. The van der Waals surface area contributed by atoms with E-state index in [-0.39, 0.29) is 0 Å². The zero-order valence-corrected chi connectivity index (χ0v) is 13.1. The van der Waals surface area contributed by atoms with Gasteiger partial charge in [-0.2, -0.15) is 5.26 Å². The van der Waals surface area contributed by atoms with Crippen LogP contribution in [0.25, 0.3) is 21.9 Å². The number of hydrogen-bond donors (Lipinski definition) is 1. The topological polar surface area (TPSA) is 71.8 Å². The molecule has 0 unspecified atom stereocenters. The molecule has 23 heavy (non-hydrogen) atoms. The van der Waals surface area contributed by atoms with Gasteiger partial charge in [-0.05, 0) is 18.7 Å². The first-order chi connectivity index (χ1) is 11.3. The Labute approximate surface area is 134 Å². The van der Waals surface area contributed by atoms with Crippen LogP contribution in [0.15, 0.2) is 24.5 Å². The van der Waals surface area contributed by atoms with Crippen molar-refractivity contribution in [1.29, 1.82) is 5.26 Å². The van der Waals surface area contributed by atoms with Crippen molar-refractivity contribution >= 4 is 27.6 Å². The van der Waals surface area contributed by atoms with Crippen molar-refractivity contribution in [2.45, 2.75) is 6.92 Å². The minimum Gasteiger partial charge on any atom is -0.368 e. The van der Waals surface area contributed by atoms with Crippen molar-refractivity contribution in [3.8, 4) is 6.07 Å². The maximum absolute atomic E-state index is 9.13. The Morgan fingerprint density at radius 3 is 2.83 bits per heavy atom. The normalized spacial score (nSPS) is 16.1. The van der Waals surface area contributed by atoms with E-state index in [1.807, 2.05) is 12.3 Å². The summed E-state index contributed by atoms with van der Waals surface area (Å²) in [5.41, 5.74) is 3.40. The highest BCUT2D eigenvalue weighted by atomic mass is 15.3. The molecule has 0 radical (unpaired) electrons. The highest BCUT2D eigenvalue weighted by Gasteiger charge is 2.20. The highest BCUT2D eigenvalue weighted by molar-refractivity contribution is 6.12. The fraction of sp³-hybridized carbons (Fsp3) is 0.353. The van der Waals surface area contributed by atoms with Gasteiger partial charge in [0.2, 0.25) is 0 Å². The second-order valence-electron chi connectivity index (χ2n) is 5.83. The van der Waals surface area contributed by atoms with E-state index in [0.717, 1.165) is 54.7 Å². The predicted octanol–water partition coefficient (Wildman–Crippen LogP) is 2.12. The third-order valence-electron chi connectivity index (χ3n) is 4.63. The number of rotatable bonds is 2. The summed E-state index contributed by atoms with van der Waals surface area (Å²) in [6.45, 7) is 7.48. The molecule has 1 fully saturated rings.